The molecule has 1 aliphatic carbocycles. The number of sulfone groups is 1. The first-order valence-corrected chi connectivity index (χ1v) is 9.03. The molecule has 0 amide bonds. The Morgan fingerprint density at radius 2 is 1.94 bits per heavy atom. The molecule has 0 spiro atoms. The molecule has 1 N–H and O–H groups in total. The molecule has 0 aromatic rings. The molecule has 3 unspecified atom stereocenters. The molecule has 18 heavy (non-hydrogen) atoms. The first-order valence-electron chi connectivity index (χ1n) is 7.31. The van der Waals surface area contributed by atoms with Crippen LogP contribution in [0.5, 0.6) is 0 Å². The molecule has 0 saturated heterocycles. The smallest absolute Gasteiger partial charge is 0.152 e. The van der Waals surface area contributed by atoms with Crippen molar-refractivity contribution in [1.29, 1.82) is 0 Å². The summed E-state index contributed by atoms with van der Waals surface area (Å²) in [6.07, 6.45) is 4.46. The van der Waals surface area contributed by atoms with E-state index in [1.54, 1.807) is 13.8 Å². The predicted molar refractivity (Wildman–Crippen MR) is 77.5 cm³/mol. The Hall–Kier alpha value is -0.0900. The lowest BCUT2D eigenvalue weighted by Crippen LogP contribution is -2.41. The first-order chi connectivity index (χ1) is 8.36. The molecular weight excluding hydrogens is 246 g/mol. The van der Waals surface area contributed by atoms with Gasteiger partial charge in [-0.25, -0.2) is 8.42 Å². The van der Waals surface area contributed by atoms with Crippen LogP contribution in [0, 0.1) is 11.8 Å². The van der Waals surface area contributed by atoms with Crippen LogP contribution >= 0.6 is 0 Å². The molecule has 108 valence electrons. The molecule has 0 aliphatic heterocycles. The lowest BCUT2D eigenvalue weighted by atomic mass is 9.77. The third-order valence-electron chi connectivity index (χ3n) is 4.20. The average Bonchev–Trinajstić information content (AvgIpc) is 2.29. The van der Waals surface area contributed by atoms with Gasteiger partial charge >= 0.3 is 0 Å². The molecule has 1 rings (SSSR count). The van der Waals surface area contributed by atoms with Gasteiger partial charge in [0.1, 0.15) is 0 Å². The fourth-order valence-electron chi connectivity index (χ4n) is 2.90. The minimum Gasteiger partial charge on any atom is -0.314 e. The zero-order valence-corrected chi connectivity index (χ0v) is 13.1. The van der Waals surface area contributed by atoms with E-state index >= 15 is 0 Å². The van der Waals surface area contributed by atoms with Crippen molar-refractivity contribution in [3.8, 4) is 0 Å². The lowest BCUT2D eigenvalue weighted by Gasteiger charge is -2.35. The van der Waals surface area contributed by atoms with Crippen LogP contribution in [-0.4, -0.2) is 32.0 Å². The monoisotopic (exact) mass is 275 g/mol. The molecule has 0 bridgehead atoms. The minimum absolute atomic E-state index is 0.240. The highest BCUT2D eigenvalue weighted by molar-refractivity contribution is 7.91. The molecule has 0 aromatic carbocycles. The first kappa shape index (κ1) is 16.0. The summed E-state index contributed by atoms with van der Waals surface area (Å²) in [5.74, 6) is 1.62. The maximum Gasteiger partial charge on any atom is 0.152 e. The van der Waals surface area contributed by atoms with Crippen molar-refractivity contribution < 1.29 is 8.42 Å². The molecule has 0 radical (unpaired) electrons. The van der Waals surface area contributed by atoms with Gasteiger partial charge in [-0.05, 0) is 57.9 Å². The lowest BCUT2D eigenvalue weighted by molar-refractivity contribution is 0.210. The summed E-state index contributed by atoms with van der Waals surface area (Å²) >= 11 is 0. The average molecular weight is 275 g/mol. The quantitative estimate of drug-likeness (QED) is 0.810. The van der Waals surface area contributed by atoms with E-state index in [0.717, 1.165) is 18.9 Å². The van der Waals surface area contributed by atoms with E-state index in [2.05, 4.69) is 19.2 Å². The Balaban J connectivity index is 2.56. The van der Waals surface area contributed by atoms with Gasteiger partial charge in [0, 0.05) is 6.04 Å². The van der Waals surface area contributed by atoms with Crippen LogP contribution in [-0.2, 0) is 9.84 Å². The molecule has 4 heteroatoms. The Kier molecular flexibility index (Phi) is 6.12. The number of hydrogen-bond acceptors (Lipinski definition) is 3. The zero-order chi connectivity index (χ0) is 13.8. The SMILES string of the molecule is CCNC1CCC(C)CC1CCS(=O)(=O)C(C)C. The maximum atomic E-state index is 11.9. The van der Waals surface area contributed by atoms with Gasteiger partial charge in [0.25, 0.3) is 0 Å². The van der Waals surface area contributed by atoms with Gasteiger partial charge in [0.2, 0.25) is 0 Å². The topological polar surface area (TPSA) is 46.2 Å². The van der Waals surface area contributed by atoms with E-state index in [-0.39, 0.29) is 5.25 Å². The van der Waals surface area contributed by atoms with E-state index < -0.39 is 9.84 Å². The summed E-state index contributed by atoms with van der Waals surface area (Å²) in [6.45, 7) is 8.94. The van der Waals surface area contributed by atoms with Gasteiger partial charge in [-0.2, -0.15) is 0 Å². The van der Waals surface area contributed by atoms with Gasteiger partial charge in [-0.1, -0.05) is 13.8 Å². The molecule has 3 atom stereocenters. The molecule has 1 fully saturated rings. The summed E-state index contributed by atoms with van der Waals surface area (Å²) in [7, 11) is -2.88. The predicted octanol–water partition coefficient (Wildman–Crippen LogP) is 2.61. The van der Waals surface area contributed by atoms with Crippen LogP contribution < -0.4 is 5.32 Å². The largest absolute Gasteiger partial charge is 0.314 e. The van der Waals surface area contributed by atoms with Crippen LogP contribution in [0.1, 0.15) is 53.4 Å². The van der Waals surface area contributed by atoms with Gasteiger partial charge in [-0.15, -0.1) is 0 Å². The van der Waals surface area contributed by atoms with Crippen LogP contribution in [0.4, 0.5) is 0 Å². The summed E-state index contributed by atoms with van der Waals surface area (Å²) in [6, 6.07) is 0.522. The van der Waals surface area contributed by atoms with E-state index in [1.807, 2.05) is 0 Å². The fraction of sp³-hybridized carbons (Fsp3) is 1.00. The third-order valence-corrected chi connectivity index (χ3v) is 6.44. The highest BCUT2D eigenvalue weighted by Crippen LogP contribution is 2.31. The van der Waals surface area contributed by atoms with Gasteiger partial charge in [-0.3, -0.25) is 0 Å². The standard InChI is InChI=1S/C14H29NO2S/c1-5-15-14-7-6-12(4)10-13(14)8-9-18(16,17)11(2)3/h11-15H,5-10H2,1-4H3. The van der Waals surface area contributed by atoms with Crippen LogP contribution in [0.2, 0.25) is 0 Å². The number of rotatable bonds is 6. The summed E-state index contributed by atoms with van der Waals surface area (Å²) in [5.41, 5.74) is 0. The van der Waals surface area contributed by atoms with E-state index in [0.29, 0.717) is 17.7 Å². The third kappa shape index (κ3) is 4.54. The summed E-state index contributed by atoms with van der Waals surface area (Å²) in [5, 5.41) is 3.29. The van der Waals surface area contributed by atoms with Crippen molar-refractivity contribution in [1.82, 2.24) is 5.32 Å². The van der Waals surface area contributed by atoms with E-state index in [1.165, 1.54) is 19.3 Å². The Bertz CT molecular complexity index is 338. The summed E-state index contributed by atoms with van der Waals surface area (Å²) < 4.78 is 23.8. The van der Waals surface area contributed by atoms with Gasteiger partial charge in [0.05, 0.1) is 11.0 Å². The van der Waals surface area contributed by atoms with Crippen molar-refractivity contribution >= 4 is 9.84 Å². The zero-order valence-electron chi connectivity index (χ0n) is 12.3. The molecule has 0 heterocycles. The second-order valence-electron chi connectivity index (χ2n) is 6.05. The molecule has 1 aliphatic rings. The van der Waals surface area contributed by atoms with Crippen molar-refractivity contribution in [3.63, 3.8) is 0 Å². The maximum absolute atomic E-state index is 11.9. The number of hydrogen-bond donors (Lipinski definition) is 1. The van der Waals surface area contributed by atoms with Crippen molar-refractivity contribution in [2.75, 3.05) is 12.3 Å². The number of nitrogens with one attached hydrogen (secondary N) is 1. The molecular formula is C14H29NO2S. The summed E-state index contributed by atoms with van der Waals surface area (Å²) in [4.78, 5) is 0. The van der Waals surface area contributed by atoms with E-state index in [9.17, 15) is 8.42 Å². The second kappa shape index (κ2) is 6.90. The van der Waals surface area contributed by atoms with Crippen LogP contribution in [0.25, 0.3) is 0 Å². The Morgan fingerprint density at radius 1 is 1.28 bits per heavy atom. The fourth-order valence-corrected chi connectivity index (χ4v) is 4.00. The highest BCUT2D eigenvalue weighted by Gasteiger charge is 2.29. The van der Waals surface area contributed by atoms with Crippen LogP contribution in [0.3, 0.4) is 0 Å². The Morgan fingerprint density at radius 3 is 2.50 bits per heavy atom. The molecule has 1 saturated carbocycles. The van der Waals surface area contributed by atoms with Crippen molar-refractivity contribution in [2.24, 2.45) is 11.8 Å². The Labute approximate surface area is 113 Å². The minimum atomic E-state index is -2.88. The van der Waals surface area contributed by atoms with E-state index in [4.69, 9.17) is 0 Å². The molecule has 3 nitrogen and oxygen atoms in total. The van der Waals surface area contributed by atoms with Gasteiger partial charge in [0.15, 0.2) is 9.84 Å². The van der Waals surface area contributed by atoms with Crippen molar-refractivity contribution in [3.05, 3.63) is 0 Å². The van der Waals surface area contributed by atoms with Gasteiger partial charge < -0.3 is 5.32 Å². The van der Waals surface area contributed by atoms with Crippen LogP contribution in [0.15, 0.2) is 0 Å². The highest BCUT2D eigenvalue weighted by atomic mass is 32.2. The second-order valence-corrected chi connectivity index (χ2v) is 8.72. The normalized spacial score (nSPS) is 29.7. The van der Waals surface area contributed by atoms with Crippen molar-refractivity contribution in [2.45, 2.75) is 64.7 Å². The molecule has 0 aromatic heterocycles.